The molecule has 0 aromatic carbocycles. The second-order valence-corrected chi connectivity index (χ2v) is 5.69. The highest BCUT2D eigenvalue weighted by Gasteiger charge is 2.21. The molecule has 1 atom stereocenters. The highest BCUT2D eigenvalue weighted by Crippen LogP contribution is 2.17. The molecule has 1 rings (SSSR count). The van der Waals surface area contributed by atoms with Crippen LogP contribution in [-0.2, 0) is 4.79 Å². The summed E-state index contributed by atoms with van der Waals surface area (Å²) in [6.07, 6.45) is 4.76. The van der Waals surface area contributed by atoms with Gasteiger partial charge >= 0.3 is 5.97 Å². The third-order valence-corrected chi connectivity index (χ3v) is 3.99. The van der Waals surface area contributed by atoms with Gasteiger partial charge in [0.1, 0.15) is 0 Å². The minimum atomic E-state index is -0.685. The van der Waals surface area contributed by atoms with Crippen molar-refractivity contribution in [2.45, 2.75) is 58.0 Å². The molecule has 1 N–H and O–H groups in total. The first-order valence-electron chi connectivity index (χ1n) is 7.16. The zero-order chi connectivity index (χ0) is 13.5. The molecule has 1 fully saturated rings. The first-order valence-corrected chi connectivity index (χ1v) is 7.16. The van der Waals surface area contributed by atoms with Crippen molar-refractivity contribution in [3.8, 4) is 0 Å². The summed E-state index contributed by atoms with van der Waals surface area (Å²) in [4.78, 5) is 15.4. The van der Waals surface area contributed by atoms with Crippen molar-refractivity contribution in [3.63, 3.8) is 0 Å². The molecular weight excluding hydrogens is 228 g/mol. The lowest BCUT2D eigenvalue weighted by molar-refractivity contribution is -0.137. The quantitative estimate of drug-likeness (QED) is 0.790. The predicted octanol–water partition coefficient (Wildman–Crippen LogP) is 2.05. The van der Waals surface area contributed by atoms with Crippen molar-refractivity contribution in [2.75, 3.05) is 26.7 Å². The van der Waals surface area contributed by atoms with Gasteiger partial charge in [-0.3, -0.25) is 4.79 Å². The molecule has 1 aliphatic rings. The number of likely N-dealkylation sites (tertiary alicyclic amines) is 1. The smallest absolute Gasteiger partial charge is 0.303 e. The number of rotatable bonds is 6. The van der Waals surface area contributed by atoms with Crippen LogP contribution in [0, 0.1) is 0 Å². The summed E-state index contributed by atoms with van der Waals surface area (Å²) in [5.41, 5.74) is 0. The number of nitrogens with zero attached hydrogens (tertiary/aromatic N) is 2. The van der Waals surface area contributed by atoms with Gasteiger partial charge < -0.3 is 14.9 Å². The van der Waals surface area contributed by atoms with Crippen molar-refractivity contribution < 1.29 is 9.90 Å². The van der Waals surface area contributed by atoms with E-state index in [1.165, 1.54) is 32.4 Å². The number of hydrogen-bond donors (Lipinski definition) is 1. The van der Waals surface area contributed by atoms with Crippen molar-refractivity contribution in [2.24, 2.45) is 0 Å². The fourth-order valence-corrected chi connectivity index (χ4v) is 2.72. The molecule has 0 amide bonds. The highest BCUT2D eigenvalue weighted by atomic mass is 16.4. The molecule has 0 saturated carbocycles. The van der Waals surface area contributed by atoms with E-state index in [-0.39, 0.29) is 6.42 Å². The lowest BCUT2D eigenvalue weighted by Crippen LogP contribution is -2.35. The number of carboxylic acid groups (broad SMARTS) is 1. The van der Waals surface area contributed by atoms with E-state index < -0.39 is 5.97 Å². The Morgan fingerprint density at radius 1 is 1.39 bits per heavy atom. The van der Waals surface area contributed by atoms with Gasteiger partial charge in [0.05, 0.1) is 0 Å². The van der Waals surface area contributed by atoms with Crippen LogP contribution < -0.4 is 0 Å². The Kier molecular flexibility index (Phi) is 6.65. The van der Waals surface area contributed by atoms with Crippen molar-refractivity contribution in [1.82, 2.24) is 9.80 Å². The van der Waals surface area contributed by atoms with E-state index in [1.54, 1.807) is 0 Å². The van der Waals surface area contributed by atoms with Crippen LogP contribution in [-0.4, -0.2) is 59.6 Å². The van der Waals surface area contributed by atoms with Gasteiger partial charge in [0.2, 0.25) is 0 Å². The van der Waals surface area contributed by atoms with Gasteiger partial charge in [-0.2, -0.15) is 0 Å². The zero-order valence-electron chi connectivity index (χ0n) is 12.1. The van der Waals surface area contributed by atoms with Gasteiger partial charge in [0.15, 0.2) is 0 Å². The lowest BCUT2D eigenvalue weighted by Gasteiger charge is -2.28. The molecular formula is C14H28N2O2. The highest BCUT2D eigenvalue weighted by molar-refractivity contribution is 5.66. The molecule has 1 aliphatic heterocycles. The third-order valence-electron chi connectivity index (χ3n) is 3.99. The SMILES string of the molecule is CC(C)N1CCCC(N(C)CCCC(=O)O)CC1. The Morgan fingerprint density at radius 2 is 2.11 bits per heavy atom. The minimum Gasteiger partial charge on any atom is -0.481 e. The van der Waals surface area contributed by atoms with Crippen LogP contribution in [0.25, 0.3) is 0 Å². The molecule has 0 aromatic rings. The molecule has 106 valence electrons. The molecule has 4 heteroatoms. The van der Waals surface area contributed by atoms with Crippen molar-refractivity contribution in [1.29, 1.82) is 0 Å². The first-order chi connectivity index (χ1) is 8.50. The van der Waals surface area contributed by atoms with Crippen molar-refractivity contribution in [3.05, 3.63) is 0 Å². The Balaban J connectivity index is 2.30. The molecule has 0 spiro atoms. The number of carboxylic acids is 1. The third kappa shape index (κ3) is 5.36. The van der Waals surface area contributed by atoms with E-state index >= 15 is 0 Å². The Bertz CT molecular complexity index is 256. The van der Waals surface area contributed by atoms with Crippen LogP contribution in [0.2, 0.25) is 0 Å². The lowest BCUT2D eigenvalue weighted by atomic mass is 10.1. The van der Waals surface area contributed by atoms with Crippen LogP contribution in [0.15, 0.2) is 0 Å². The molecule has 18 heavy (non-hydrogen) atoms. The fourth-order valence-electron chi connectivity index (χ4n) is 2.72. The summed E-state index contributed by atoms with van der Waals surface area (Å²) < 4.78 is 0. The van der Waals surface area contributed by atoms with Crippen LogP contribution >= 0.6 is 0 Å². The van der Waals surface area contributed by atoms with Gasteiger partial charge in [0.25, 0.3) is 0 Å². The normalized spacial score (nSPS) is 22.4. The summed E-state index contributed by atoms with van der Waals surface area (Å²) >= 11 is 0. The largest absolute Gasteiger partial charge is 0.481 e. The van der Waals surface area contributed by atoms with Crippen LogP contribution in [0.1, 0.15) is 46.0 Å². The van der Waals surface area contributed by atoms with E-state index in [1.807, 2.05) is 0 Å². The Labute approximate surface area is 111 Å². The molecule has 0 aliphatic carbocycles. The molecule has 4 nitrogen and oxygen atoms in total. The number of carbonyl (C=O) groups is 1. The fraction of sp³-hybridized carbons (Fsp3) is 0.929. The van der Waals surface area contributed by atoms with E-state index in [2.05, 4.69) is 30.7 Å². The molecule has 0 bridgehead atoms. The number of aliphatic carboxylic acids is 1. The van der Waals surface area contributed by atoms with Gasteiger partial charge in [-0.25, -0.2) is 0 Å². The summed E-state index contributed by atoms with van der Waals surface area (Å²) in [5, 5.41) is 8.65. The summed E-state index contributed by atoms with van der Waals surface area (Å²) in [7, 11) is 2.14. The average molecular weight is 256 g/mol. The summed E-state index contributed by atoms with van der Waals surface area (Å²) in [6, 6.07) is 1.27. The first kappa shape index (κ1) is 15.4. The van der Waals surface area contributed by atoms with E-state index in [4.69, 9.17) is 5.11 Å². The van der Waals surface area contributed by atoms with Crippen LogP contribution in [0.3, 0.4) is 0 Å². The maximum Gasteiger partial charge on any atom is 0.303 e. The van der Waals surface area contributed by atoms with E-state index in [0.29, 0.717) is 12.1 Å². The standard InChI is InChI=1S/C14H28N2O2/c1-12(2)16-10-4-6-13(8-11-16)15(3)9-5-7-14(17)18/h12-13H,4-11H2,1-3H3,(H,17,18). The summed E-state index contributed by atoms with van der Waals surface area (Å²) in [5.74, 6) is -0.685. The maximum absolute atomic E-state index is 10.5. The topological polar surface area (TPSA) is 43.8 Å². The zero-order valence-corrected chi connectivity index (χ0v) is 12.1. The van der Waals surface area contributed by atoms with Crippen LogP contribution in [0.5, 0.6) is 0 Å². The van der Waals surface area contributed by atoms with Gasteiger partial charge in [0, 0.05) is 18.5 Å². The summed E-state index contributed by atoms with van der Waals surface area (Å²) in [6.45, 7) is 7.80. The molecule has 1 unspecified atom stereocenters. The number of hydrogen-bond acceptors (Lipinski definition) is 3. The maximum atomic E-state index is 10.5. The van der Waals surface area contributed by atoms with E-state index in [9.17, 15) is 4.79 Å². The second kappa shape index (κ2) is 7.74. The predicted molar refractivity (Wildman–Crippen MR) is 73.8 cm³/mol. The average Bonchev–Trinajstić information content (AvgIpc) is 2.53. The molecule has 0 radical (unpaired) electrons. The van der Waals surface area contributed by atoms with E-state index in [0.717, 1.165) is 13.0 Å². The molecule has 0 aromatic heterocycles. The monoisotopic (exact) mass is 256 g/mol. The van der Waals surface area contributed by atoms with Crippen LogP contribution in [0.4, 0.5) is 0 Å². The van der Waals surface area contributed by atoms with Gasteiger partial charge in [-0.05, 0) is 66.2 Å². The van der Waals surface area contributed by atoms with Crippen molar-refractivity contribution >= 4 is 5.97 Å². The minimum absolute atomic E-state index is 0.287. The molecule has 1 heterocycles. The Hall–Kier alpha value is -0.610. The van der Waals surface area contributed by atoms with Gasteiger partial charge in [-0.15, -0.1) is 0 Å². The second-order valence-electron chi connectivity index (χ2n) is 5.69. The Morgan fingerprint density at radius 3 is 2.72 bits per heavy atom. The van der Waals surface area contributed by atoms with Gasteiger partial charge in [-0.1, -0.05) is 0 Å². The molecule has 1 saturated heterocycles.